The second-order valence-electron chi connectivity index (χ2n) is 4.50. The number of nitriles is 1. The zero-order valence-corrected chi connectivity index (χ0v) is 12.7. The van der Waals surface area contributed by atoms with Gasteiger partial charge in [0, 0.05) is 17.2 Å². The fourth-order valence-electron chi connectivity index (χ4n) is 1.85. The van der Waals surface area contributed by atoms with E-state index in [4.69, 9.17) is 14.7 Å². The average Bonchev–Trinajstić information content (AvgIpc) is 2.61. The van der Waals surface area contributed by atoms with Crippen molar-refractivity contribution in [2.75, 3.05) is 14.2 Å². The van der Waals surface area contributed by atoms with Gasteiger partial charge in [0.1, 0.15) is 11.5 Å². The van der Waals surface area contributed by atoms with Crippen molar-refractivity contribution < 1.29 is 14.3 Å². The minimum absolute atomic E-state index is 0.363. The molecule has 0 fully saturated rings. The van der Waals surface area contributed by atoms with Gasteiger partial charge in [-0.1, -0.05) is 0 Å². The number of nitrogens with one attached hydrogen (secondary N) is 1. The lowest BCUT2D eigenvalue weighted by molar-refractivity contribution is 0.0955. The molecule has 6 nitrogen and oxygen atoms in total. The topological polar surface area (TPSA) is 83.7 Å². The van der Waals surface area contributed by atoms with Crippen LogP contribution < -0.4 is 14.9 Å². The normalized spacial score (nSPS) is 10.1. The number of rotatable bonds is 5. The maximum Gasteiger partial charge on any atom is 0.271 e. The highest BCUT2D eigenvalue weighted by Gasteiger charge is 2.05. The Morgan fingerprint density at radius 2 is 1.91 bits per heavy atom. The summed E-state index contributed by atoms with van der Waals surface area (Å²) in [6.07, 6.45) is 1.49. The summed E-state index contributed by atoms with van der Waals surface area (Å²) in [6, 6.07) is 13.5. The highest BCUT2D eigenvalue weighted by Crippen LogP contribution is 2.22. The average molecular weight is 309 g/mol. The Morgan fingerprint density at radius 3 is 2.52 bits per heavy atom. The number of methoxy groups -OCH3 is 2. The Hall–Kier alpha value is -3.33. The maximum atomic E-state index is 11.9. The molecule has 1 N–H and O–H groups in total. The second kappa shape index (κ2) is 7.61. The van der Waals surface area contributed by atoms with Crippen molar-refractivity contribution in [2.24, 2.45) is 5.10 Å². The van der Waals surface area contributed by atoms with E-state index in [1.54, 1.807) is 56.7 Å². The molecule has 0 atom stereocenters. The Balaban J connectivity index is 2.06. The van der Waals surface area contributed by atoms with E-state index in [2.05, 4.69) is 10.5 Å². The lowest BCUT2D eigenvalue weighted by atomic mass is 10.1. The van der Waals surface area contributed by atoms with Crippen LogP contribution in [0.3, 0.4) is 0 Å². The Kier molecular flexibility index (Phi) is 5.31. The van der Waals surface area contributed by atoms with Crippen LogP contribution in [0, 0.1) is 11.3 Å². The predicted molar refractivity (Wildman–Crippen MR) is 85.8 cm³/mol. The van der Waals surface area contributed by atoms with Gasteiger partial charge < -0.3 is 9.47 Å². The highest BCUT2D eigenvalue weighted by atomic mass is 16.5. The molecule has 0 unspecified atom stereocenters. The minimum Gasteiger partial charge on any atom is -0.497 e. The van der Waals surface area contributed by atoms with Crippen LogP contribution in [0.25, 0.3) is 0 Å². The van der Waals surface area contributed by atoms with E-state index < -0.39 is 0 Å². The van der Waals surface area contributed by atoms with Crippen LogP contribution in [0.1, 0.15) is 21.5 Å². The second-order valence-corrected chi connectivity index (χ2v) is 4.50. The molecule has 1 amide bonds. The molecule has 23 heavy (non-hydrogen) atoms. The van der Waals surface area contributed by atoms with Crippen molar-refractivity contribution in [2.45, 2.75) is 0 Å². The summed E-state index contributed by atoms with van der Waals surface area (Å²) in [7, 11) is 3.11. The van der Waals surface area contributed by atoms with Crippen LogP contribution in [0.15, 0.2) is 47.6 Å². The number of ether oxygens (including phenoxy) is 2. The smallest absolute Gasteiger partial charge is 0.271 e. The van der Waals surface area contributed by atoms with E-state index in [1.807, 2.05) is 6.07 Å². The number of hydrogen-bond donors (Lipinski definition) is 1. The standard InChI is InChI=1S/C17H15N3O3/c1-22-15-8-7-14(16(9-15)23-2)11-19-20-17(21)13-5-3-12(10-18)4-6-13/h3-9,11H,1-2H3,(H,20,21)/b19-11-. The van der Waals surface area contributed by atoms with Crippen molar-refractivity contribution in [3.8, 4) is 17.6 Å². The summed E-state index contributed by atoms with van der Waals surface area (Å²) < 4.78 is 10.4. The lowest BCUT2D eigenvalue weighted by Gasteiger charge is -2.07. The van der Waals surface area contributed by atoms with Gasteiger partial charge in [-0.15, -0.1) is 0 Å². The van der Waals surface area contributed by atoms with Crippen LogP contribution in [0.4, 0.5) is 0 Å². The molecule has 2 aromatic rings. The van der Waals surface area contributed by atoms with Crippen molar-refractivity contribution in [1.82, 2.24) is 5.43 Å². The Labute approximate surface area is 134 Å². The number of amides is 1. The molecule has 0 aliphatic carbocycles. The van der Waals surface area contributed by atoms with Crippen LogP contribution in [0.5, 0.6) is 11.5 Å². The summed E-state index contributed by atoms with van der Waals surface area (Å²) in [4.78, 5) is 11.9. The summed E-state index contributed by atoms with van der Waals surface area (Å²) in [5.41, 5.74) is 4.04. The van der Waals surface area contributed by atoms with Crippen LogP contribution in [-0.2, 0) is 0 Å². The third kappa shape index (κ3) is 4.08. The zero-order valence-electron chi connectivity index (χ0n) is 12.7. The number of nitrogens with zero attached hydrogens (tertiary/aromatic N) is 2. The van der Waals surface area contributed by atoms with E-state index in [0.29, 0.717) is 28.2 Å². The van der Waals surface area contributed by atoms with E-state index >= 15 is 0 Å². The van der Waals surface area contributed by atoms with E-state index in [1.165, 1.54) is 6.21 Å². The van der Waals surface area contributed by atoms with Crippen LogP contribution in [-0.4, -0.2) is 26.3 Å². The van der Waals surface area contributed by atoms with Crippen molar-refractivity contribution >= 4 is 12.1 Å². The van der Waals surface area contributed by atoms with Gasteiger partial charge in [-0.25, -0.2) is 5.43 Å². The number of benzene rings is 2. The van der Waals surface area contributed by atoms with Gasteiger partial charge in [-0.3, -0.25) is 4.79 Å². The molecular weight excluding hydrogens is 294 g/mol. The van der Waals surface area contributed by atoms with Gasteiger partial charge in [0.05, 0.1) is 32.1 Å². The molecule has 2 aromatic carbocycles. The summed E-state index contributed by atoms with van der Waals surface area (Å²) in [5, 5.41) is 12.6. The molecular formula is C17H15N3O3. The van der Waals surface area contributed by atoms with Gasteiger partial charge in [0.25, 0.3) is 5.91 Å². The molecule has 6 heteroatoms. The lowest BCUT2D eigenvalue weighted by Crippen LogP contribution is -2.17. The number of hydrazone groups is 1. The largest absolute Gasteiger partial charge is 0.497 e. The molecule has 0 saturated heterocycles. The number of carbonyl (C=O) groups is 1. The summed E-state index contributed by atoms with van der Waals surface area (Å²) in [5.74, 6) is 0.888. The first kappa shape index (κ1) is 16.0. The molecule has 0 radical (unpaired) electrons. The van der Waals surface area contributed by atoms with E-state index in [0.717, 1.165) is 0 Å². The maximum absolute atomic E-state index is 11.9. The van der Waals surface area contributed by atoms with Gasteiger partial charge in [0.2, 0.25) is 0 Å². The Morgan fingerprint density at radius 1 is 1.17 bits per heavy atom. The van der Waals surface area contributed by atoms with E-state index in [9.17, 15) is 4.79 Å². The highest BCUT2D eigenvalue weighted by molar-refractivity contribution is 5.95. The van der Waals surface area contributed by atoms with Crippen molar-refractivity contribution in [3.63, 3.8) is 0 Å². The third-order valence-electron chi connectivity index (χ3n) is 3.09. The quantitative estimate of drug-likeness (QED) is 0.678. The molecule has 2 rings (SSSR count). The molecule has 0 aliphatic heterocycles. The van der Waals surface area contributed by atoms with E-state index in [-0.39, 0.29) is 5.91 Å². The summed E-state index contributed by atoms with van der Waals surface area (Å²) >= 11 is 0. The molecule has 0 bridgehead atoms. The molecule has 0 saturated carbocycles. The fraction of sp³-hybridized carbons (Fsp3) is 0.118. The zero-order chi connectivity index (χ0) is 16.7. The van der Waals surface area contributed by atoms with Gasteiger partial charge in [-0.2, -0.15) is 10.4 Å². The first-order valence-corrected chi connectivity index (χ1v) is 6.73. The first-order valence-electron chi connectivity index (χ1n) is 6.73. The molecule has 0 heterocycles. The minimum atomic E-state index is -0.363. The fourth-order valence-corrected chi connectivity index (χ4v) is 1.85. The molecule has 116 valence electrons. The van der Waals surface area contributed by atoms with Gasteiger partial charge in [-0.05, 0) is 36.4 Å². The molecule has 0 spiro atoms. The number of carbonyl (C=O) groups excluding carboxylic acids is 1. The monoisotopic (exact) mass is 309 g/mol. The van der Waals surface area contributed by atoms with Gasteiger partial charge >= 0.3 is 0 Å². The number of hydrogen-bond acceptors (Lipinski definition) is 5. The van der Waals surface area contributed by atoms with Crippen molar-refractivity contribution in [1.29, 1.82) is 5.26 Å². The van der Waals surface area contributed by atoms with Crippen LogP contribution >= 0.6 is 0 Å². The predicted octanol–water partition coefficient (Wildman–Crippen LogP) is 2.34. The SMILES string of the molecule is COc1ccc(/C=N\NC(=O)c2ccc(C#N)cc2)c(OC)c1. The first-order chi connectivity index (χ1) is 11.2. The van der Waals surface area contributed by atoms with Crippen molar-refractivity contribution in [3.05, 3.63) is 59.2 Å². The van der Waals surface area contributed by atoms with Crippen LogP contribution in [0.2, 0.25) is 0 Å². The Bertz CT molecular complexity index is 762. The summed E-state index contributed by atoms with van der Waals surface area (Å²) in [6.45, 7) is 0. The van der Waals surface area contributed by atoms with Gasteiger partial charge in [0.15, 0.2) is 0 Å². The third-order valence-corrected chi connectivity index (χ3v) is 3.09. The molecule has 0 aliphatic rings. The molecule has 0 aromatic heterocycles.